The number of hydrogen-bond donors (Lipinski definition) is 0. The van der Waals surface area contributed by atoms with Gasteiger partial charge in [-0.2, -0.15) is 0 Å². The van der Waals surface area contributed by atoms with Gasteiger partial charge in [0.2, 0.25) is 0 Å². The fourth-order valence-corrected chi connectivity index (χ4v) is 1.75. The van der Waals surface area contributed by atoms with Gasteiger partial charge in [0.25, 0.3) is 0 Å². The minimum atomic E-state index is 0.886. The monoisotopic (exact) mass is 201 g/mol. The largest absolute Gasteiger partial charge is 0.497 e. The minimum Gasteiger partial charge on any atom is -0.497 e. The average molecular weight is 201 g/mol. The van der Waals surface area contributed by atoms with Gasteiger partial charge in [0, 0.05) is 11.1 Å². The second-order valence-electron chi connectivity index (χ2n) is 3.67. The number of pyridine rings is 1. The molecule has 15 heavy (non-hydrogen) atoms. The van der Waals surface area contributed by atoms with Crippen LogP contribution in [0.1, 0.15) is 18.2 Å². The van der Waals surface area contributed by atoms with E-state index in [0.29, 0.717) is 0 Å². The summed E-state index contributed by atoms with van der Waals surface area (Å²) in [5.41, 5.74) is 3.45. The van der Waals surface area contributed by atoms with Gasteiger partial charge in [-0.25, -0.2) is 0 Å². The van der Waals surface area contributed by atoms with Crippen LogP contribution >= 0.6 is 0 Å². The number of nitrogens with zero attached hydrogens (tertiary/aromatic N) is 1. The normalized spacial score (nSPS) is 10.6. The molecule has 0 N–H and O–H groups in total. The Bertz CT molecular complexity index is 491. The maximum atomic E-state index is 5.21. The van der Waals surface area contributed by atoms with Crippen molar-refractivity contribution >= 4 is 10.9 Å². The standard InChI is InChI=1S/C13H15NO/c1-4-10-7-9(2)12-8-11(15-3)5-6-13(12)14-10/h5-8H,4H2,1-3H3. The van der Waals surface area contributed by atoms with E-state index in [2.05, 4.69) is 24.9 Å². The molecule has 0 bridgehead atoms. The molecule has 2 heteroatoms. The molecule has 0 saturated heterocycles. The van der Waals surface area contributed by atoms with Crippen LogP contribution in [0, 0.1) is 6.92 Å². The van der Waals surface area contributed by atoms with Gasteiger partial charge in [0.15, 0.2) is 0 Å². The van der Waals surface area contributed by atoms with Gasteiger partial charge < -0.3 is 4.74 Å². The SMILES string of the molecule is CCc1cc(C)c2cc(OC)ccc2n1. The molecule has 0 saturated carbocycles. The van der Waals surface area contributed by atoms with Crippen molar-refractivity contribution in [3.05, 3.63) is 35.5 Å². The van der Waals surface area contributed by atoms with Crippen molar-refractivity contribution < 1.29 is 4.74 Å². The van der Waals surface area contributed by atoms with Crippen LogP contribution in [0.15, 0.2) is 24.3 Å². The van der Waals surface area contributed by atoms with Gasteiger partial charge in [-0.1, -0.05) is 6.92 Å². The Morgan fingerprint density at radius 3 is 2.73 bits per heavy atom. The average Bonchev–Trinajstić information content (AvgIpc) is 2.28. The highest BCUT2D eigenvalue weighted by atomic mass is 16.5. The molecule has 1 aromatic heterocycles. The van der Waals surface area contributed by atoms with Crippen molar-refractivity contribution in [1.29, 1.82) is 0 Å². The Labute approximate surface area is 89.9 Å². The molecule has 0 atom stereocenters. The van der Waals surface area contributed by atoms with Crippen LogP contribution in [0.4, 0.5) is 0 Å². The number of benzene rings is 1. The van der Waals surface area contributed by atoms with Crippen LogP contribution < -0.4 is 4.74 Å². The Morgan fingerprint density at radius 2 is 2.07 bits per heavy atom. The molecule has 0 fully saturated rings. The minimum absolute atomic E-state index is 0.886. The zero-order chi connectivity index (χ0) is 10.8. The number of fused-ring (bicyclic) bond motifs is 1. The first-order valence-electron chi connectivity index (χ1n) is 5.19. The first-order chi connectivity index (χ1) is 7.24. The van der Waals surface area contributed by atoms with Crippen molar-refractivity contribution in [2.75, 3.05) is 7.11 Å². The Kier molecular flexibility index (Phi) is 2.58. The van der Waals surface area contributed by atoms with Crippen LogP contribution in [-0.4, -0.2) is 12.1 Å². The van der Waals surface area contributed by atoms with E-state index >= 15 is 0 Å². The molecule has 2 nitrogen and oxygen atoms in total. The van der Waals surface area contributed by atoms with Crippen LogP contribution in [0.3, 0.4) is 0 Å². The molecule has 0 radical (unpaired) electrons. The van der Waals surface area contributed by atoms with E-state index in [1.54, 1.807) is 7.11 Å². The predicted octanol–water partition coefficient (Wildman–Crippen LogP) is 3.11. The van der Waals surface area contributed by atoms with Crippen LogP contribution in [0.25, 0.3) is 10.9 Å². The molecule has 0 aliphatic heterocycles. The number of aryl methyl sites for hydroxylation is 2. The van der Waals surface area contributed by atoms with E-state index < -0.39 is 0 Å². The highest BCUT2D eigenvalue weighted by Crippen LogP contribution is 2.23. The predicted molar refractivity (Wildman–Crippen MR) is 62.4 cm³/mol. The fourth-order valence-electron chi connectivity index (χ4n) is 1.75. The highest BCUT2D eigenvalue weighted by Gasteiger charge is 2.02. The molecule has 0 aliphatic carbocycles. The maximum Gasteiger partial charge on any atom is 0.119 e. The third-order valence-electron chi connectivity index (χ3n) is 2.64. The summed E-state index contributed by atoms with van der Waals surface area (Å²) in [6, 6.07) is 8.15. The summed E-state index contributed by atoms with van der Waals surface area (Å²) < 4.78 is 5.21. The number of aromatic nitrogens is 1. The van der Waals surface area contributed by atoms with Gasteiger partial charge in [-0.15, -0.1) is 0 Å². The number of methoxy groups -OCH3 is 1. The van der Waals surface area contributed by atoms with E-state index in [4.69, 9.17) is 4.74 Å². The maximum absolute atomic E-state index is 5.21. The lowest BCUT2D eigenvalue weighted by Crippen LogP contribution is -1.91. The summed E-state index contributed by atoms with van der Waals surface area (Å²) in [7, 11) is 1.68. The van der Waals surface area contributed by atoms with Gasteiger partial charge in [-0.05, 0) is 43.2 Å². The number of rotatable bonds is 2. The molecule has 0 aliphatic rings. The molecule has 2 rings (SSSR count). The molecule has 0 spiro atoms. The lowest BCUT2D eigenvalue weighted by Gasteiger charge is -2.06. The molecule has 2 aromatic rings. The lowest BCUT2D eigenvalue weighted by atomic mass is 10.1. The number of ether oxygens (including phenoxy) is 1. The summed E-state index contributed by atoms with van der Waals surface area (Å²) in [6.45, 7) is 4.24. The van der Waals surface area contributed by atoms with E-state index in [9.17, 15) is 0 Å². The third kappa shape index (κ3) is 1.80. The Balaban J connectivity index is 2.68. The van der Waals surface area contributed by atoms with Crippen molar-refractivity contribution in [1.82, 2.24) is 4.98 Å². The molecular weight excluding hydrogens is 186 g/mol. The second kappa shape index (κ2) is 3.89. The number of hydrogen-bond acceptors (Lipinski definition) is 2. The summed E-state index contributed by atoms with van der Waals surface area (Å²) in [5, 5.41) is 1.17. The Hall–Kier alpha value is -1.57. The summed E-state index contributed by atoms with van der Waals surface area (Å²) in [6.07, 6.45) is 0.975. The molecule has 1 heterocycles. The van der Waals surface area contributed by atoms with Crippen molar-refractivity contribution in [2.45, 2.75) is 20.3 Å². The van der Waals surface area contributed by atoms with Crippen LogP contribution in [0.2, 0.25) is 0 Å². The molecule has 0 unspecified atom stereocenters. The Morgan fingerprint density at radius 1 is 1.27 bits per heavy atom. The summed E-state index contributed by atoms with van der Waals surface area (Å²) in [5.74, 6) is 0.886. The third-order valence-corrected chi connectivity index (χ3v) is 2.64. The highest BCUT2D eigenvalue weighted by molar-refractivity contribution is 5.83. The first kappa shape index (κ1) is 9.97. The second-order valence-corrected chi connectivity index (χ2v) is 3.67. The van der Waals surface area contributed by atoms with Crippen molar-refractivity contribution in [3.8, 4) is 5.75 Å². The van der Waals surface area contributed by atoms with Gasteiger partial charge in [-0.3, -0.25) is 4.98 Å². The topological polar surface area (TPSA) is 22.1 Å². The van der Waals surface area contributed by atoms with E-state index in [1.807, 2.05) is 18.2 Å². The van der Waals surface area contributed by atoms with Crippen molar-refractivity contribution in [2.24, 2.45) is 0 Å². The molecular formula is C13H15NO. The molecule has 0 amide bonds. The van der Waals surface area contributed by atoms with E-state index in [0.717, 1.165) is 23.4 Å². The van der Waals surface area contributed by atoms with Gasteiger partial charge in [0.05, 0.1) is 12.6 Å². The molecule has 1 aromatic carbocycles. The van der Waals surface area contributed by atoms with Gasteiger partial charge in [0.1, 0.15) is 5.75 Å². The molecule has 78 valence electrons. The zero-order valence-electron chi connectivity index (χ0n) is 9.37. The van der Waals surface area contributed by atoms with Crippen LogP contribution in [0.5, 0.6) is 5.75 Å². The summed E-state index contributed by atoms with van der Waals surface area (Å²) >= 11 is 0. The quantitative estimate of drug-likeness (QED) is 0.744. The fraction of sp³-hybridized carbons (Fsp3) is 0.308. The van der Waals surface area contributed by atoms with Crippen LogP contribution in [-0.2, 0) is 6.42 Å². The lowest BCUT2D eigenvalue weighted by molar-refractivity contribution is 0.415. The van der Waals surface area contributed by atoms with E-state index in [1.165, 1.54) is 10.9 Å². The first-order valence-corrected chi connectivity index (χ1v) is 5.19. The van der Waals surface area contributed by atoms with Crippen molar-refractivity contribution in [3.63, 3.8) is 0 Å². The van der Waals surface area contributed by atoms with E-state index in [-0.39, 0.29) is 0 Å². The summed E-state index contributed by atoms with van der Waals surface area (Å²) in [4.78, 5) is 4.57. The zero-order valence-corrected chi connectivity index (χ0v) is 9.37. The van der Waals surface area contributed by atoms with Gasteiger partial charge >= 0.3 is 0 Å². The smallest absolute Gasteiger partial charge is 0.119 e.